The van der Waals surface area contributed by atoms with Crippen molar-refractivity contribution in [2.45, 2.75) is 45.1 Å². The minimum Gasteiger partial charge on any atom is -0.490 e. The maximum atomic E-state index is 5.78. The summed E-state index contributed by atoms with van der Waals surface area (Å²) in [5.74, 6) is 1.04. The lowest BCUT2D eigenvalue weighted by Gasteiger charge is -2.26. The number of benzene rings is 1. The van der Waals surface area contributed by atoms with Gasteiger partial charge in [0.05, 0.1) is 6.10 Å². The first kappa shape index (κ1) is 9.57. The minimum atomic E-state index is 0.493. The van der Waals surface area contributed by atoms with Gasteiger partial charge in [0, 0.05) is 0 Å². The van der Waals surface area contributed by atoms with Crippen molar-refractivity contribution in [1.29, 1.82) is 0 Å². The van der Waals surface area contributed by atoms with E-state index in [4.69, 9.17) is 4.74 Å². The average Bonchev–Trinajstić information content (AvgIpc) is 2.14. The van der Waals surface area contributed by atoms with E-state index in [1.165, 1.54) is 37.7 Å². The van der Waals surface area contributed by atoms with Gasteiger partial charge < -0.3 is 4.74 Å². The van der Waals surface area contributed by atoms with Crippen LogP contribution in [0.1, 0.15) is 38.2 Å². The second kappa shape index (κ2) is 4.50. The van der Waals surface area contributed by atoms with Gasteiger partial charge in [-0.3, -0.25) is 0 Å². The van der Waals surface area contributed by atoms with E-state index in [2.05, 4.69) is 31.2 Å². The summed E-state index contributed by atoms with van der Waals surface area (Å²) >= 11 is 0. The highest BCUT2D eigenvalue weighted by molar-refractivity contribution is 5.27. The predicted molar refractivity (Wildman–Crippen MR) is 58.7 cm³/mol. The van der Waals surface area contributed by atoms with Crippen LogP contribution < -0.4 is 4.74 Å². The molecule has 0 bridgehead atoms. The molecule has 1 aliphatic rings. The van der Waals surface area contributed by atoms with E-state index in [1.54, 1.807) is 0 Å². The Bertz CT molecular complexity index is 272. The van der Waals surface area contributed by atoms with Gasteiger partial charge in [-0.15, -0.1) is 0 Å². The van der Waals surface area contributed by atoms with Crippen molar-refractivity contribution >= 4 is 0 Å². The topological polar surface area (TPSA) is 9.23 Å². The minimum absolute atomic E-state index is 0.493. The van der Waals surface area contributed by atoms with Crippen LogP contribution in [0.3, 0.4) is 0 Å². The molecule has 1 saturated carbocycles. The van der Waals surface area contributed by atoms with Crippen LogP contribution in [-0.2, 0) is 6.42 Å². The van der Waals surface area contributed by atoms with E-state index in [-0.39, 0.29) is 0 Å². The van der Waals surface area contributed by atoms with E-state index >= 15 is 0 Å². The second-order valence-corrected chi connectivity index (χ2v) is 4.06. The van der Waals surface area contributed by atoms with Crippen molar-refractivity contribution in [2.24, 2.45) is 0 Å². The largest absolute Gasteiger partial charge is 0.490 e. The van der Waals surface area contributed by atoms with Crippen LogP contribution >= 0.6 is 0 Å². The zero-order chi connectivity index (χ0) is 9.80. The van der Waals surface area contributed by atoms with Gasteiger partial charge in [-0.05, 0) is 43.4 Å². The highest BCUT2D eigenvalue weighted by Crippen LogP contribution is 2.25. The fraction of sp³-hybridized carbons (Fsp3) is 0.538. The normalized spacial score (nSPS) is 16.4. The first-order valence-corrected chi connectivity index (χ1v) is 5.64. The van der Waals surface area contributed by atoms with Crippen molar-refractivity contribution < 1.29 is 4.74 Å². The molecule has 0 spiro atoms. The molecule has 1 aliphatic carbocycles. The Hall–Kier alpha value is -0.980. The van der Waals surface area contributed by atoms with Crippen LogP contribution in [0.5, 0.6) is 5.75 Å². The van der Waals surface area contributed by atoms with E-state index in [9.17, 15) is 0 Å². The molecule has 1 fully saturated rings. The molecule has 1 nitrogen and oxygen atoms in total. The lowest BCUT2D eigenvalue weighted by molar-refractivity contribution is 0.120. The Morgan fingerprint density at radius 3 is 2.43 bits per heavy atom. The summed E-state index contributed by atoms with van der Waals surface area (Å²) in [6, 6.07) is 8.56. The molecule has 0 aromatic heterocycles. The van der Waals surface area contributed by atoms with Gasteiger partial charge in [-0.2, -0.15) is 0 Å². The Morgan fingerprint density at radius 2 is 1.93 bits per heavy atom. The van der Waals surface area contributed by atoms with E-state index in [0.29, 0.717) is 6.10 Å². The summed E-state index contributed by atoms with van der Waals surface area (Å²) in [4.78, 5) is 0. The first-order valence-electron chi connectivity index (χ1n) is 5.64. The molecule has 0 aliphatic heterocycles. The monoisotopic (exact) mass is 190 g/mol. The van der Waals surface area contributed by atoms with Gasteiger partial charge in [0.1, 0.15) is 5.75 Å². The summed E-state index contributed by atoms with van der Waals surface area (Å²) in [6.45, 7) is 2.21. The summed E-state index contributed by atoms with van der Waals surface area (Å²) in [6.07, 6.45) is 6.67. The predicted octanol–water partition coefficient (Wildman–Crippen LogP) is 3.57. The third-order valence-corrected chi connectivity index (χ3v) is 2.82. The van der Waals surface area contributed by atoms with Crippen molar-refractivity contribution in [3.8, 4) is 5.75 Å². The lowest BCUT2D eigenvalue weighted by atomic mass is 9.96. The highest BCUT2D eigenvalue weighted by Gasteiger charge is 2.18. The molecule has 0 atom stereocenters. The molecule has 0 unspecified atom stereocenters. The summed E-state index contributed by atoms with van der Waals surface area (Å²) in [5, 5.41) is 0. The summed E-state index contributed by atoms with van der Waals surface area (Å²) < 4.78 is 5.78. The van der Waals surface area contributed by atoms with Crippen LogP contribution in [0, 0.1) is 0 Å². The number of hydrogen-bond donors (Lipinski definition) is 0. The molecule has 76 valence electrons. The van der Waals surface area contributed by atoms with Crippen LogP contribution in [0.4, 0.5) is 0 Å². The Kier molecular flexibility index (Phi) is 3.07. The van der Waals surface area contributed by atoms with E-state index in [1.807, 2.05) is 0 Å². The fourth-order valence-electron chi connectivity index (χ4n) is 1.70. The SMILES string of the molecule is CCCc1ccc(OC2CCC2)cc1. The molecule has 2 rings (SSSR count). The molecule has 0 N–H and O–H groups in total. The summed E-state index contributed by atoms with van der Waals surface area (Å²) in [7, 11) is 0. The van der Waals surface area contributed by atoms with Gasteiger partial charge in [0.2, 0.25) is 0 Å². The first-order chi connectivity index (χ1) is 6.88. The van der Waals surface area contributed by atoms with Crippen LogP contribution in [0.25, 0.3) is 0 Å². The molecule has 1 heteroatoms. The van der Waals surface area contributed by atoms with Gasteiger partial charge in [0.25, 0.3) is 0 Å². The Morgan fingerprint density at radius 1 is 1.21 bits per heavy atom. The third kappa shape index (κ3) is 2.28. The van der Waals surface area contributed by atoms with Crippen molar-refractivity contribution in [2.75, 3.05) is 0 Å². The van der Waals surface area contributed by atoms with Gasteiger partial charge in [-0.25, -0.2) is 0 Å². The van der Waals surface area contributed by atoms with Crippen molar-refractivity contribution in [3.63, 3.8) is 0 Å². The van der Waals surface area contributed by atoms with E-state index < -0.39 is 0 Å². The number of ether oxygens (including phenoxy) is 1. The van der Waals surface area contributed by atoms with Crippen molar-refractivity contribution in [1.82, 2.24) is 0 Å². The van der Waals surface area contributed by atoms with Gasteiger partial charge in [0.15, 0.2) is 0 Å². The fourth-order valence-corrected chi connectivity index (χ4v) is 1.70. The van der Waals surface area contributed by atoms with Gasteiger partial charge in [-0.1, -0.05) is 25.5 Å². The number of aryl methyl sites for hydroxylation is 1. The molecular formula is C13H18O. The maximum absolute atomic E-state index is 5.78. The molecule has 14 heavy (non-hydrogen) atoms. The van der Waals surface area contributed by atoms with E-state index in [0.717, 1.165) is 5.75 Å². The zero-order valence-corrected chi connectivity index (χ0v) is 8.83. The number of rotatable bonds is 4. The number of hydrogen-bond acceptors (Lipinski definition) is 1. The van der Waals surface area contributed by atoms with Crippen LogP contribution in [-0.4, -0.2) is 6.10 Å². The van der Waals surface area contributed by atoms with Crippen molar-refractivity contribution in [3.05, 3.63) is 29.8 Å². The molecule has 1 aromatic carbocycles. The summed E-state index contributed by atoms with van der Waals surface area (Å²) in [5.41, 5.74) is 1.41. The maximum Gasteiger partial charge on any atom is 0.119 e. The molecule has 0 radical (unpaired) electrons. The molecular weight excluding hydrogens is 172 g/mol. The Labute approximate surface area is 86.1 Å². The Balaban J connectivity index is 1.91. The lowest BCUT2D eigenvalue weighted by Crippen LogP contribution is -2.24. The smallest absolute Gasteiger partial charge is 0.119 e. The molecule has 1 aromatic rings. The zero-order valence-electron chi connectivity index (χ0n) is 8.83. The third-order valence-electron chi connectivity index (χ3n) is 2.82. The second-order valence-electron chi connectivity index (χ2n) is 4.06. The van der Waals surface area contributed by atoms with Crippen LogP contribution in [0.15, 0.2) is 24.3 Å². The standard InChI is InChI=1S/C13H18O/c1-2-4-11-7-9-13(10-8-11)14-12-5-3-6-12/h7-10,12H,2-6H2,1H3. The molecule has 0 amide bonds. The quantitative estimate of drug-likeness (QED) is 0.705. The molecule has 0 heterocycles. The van der Waals surface area contributed by atoms with Gasteiger partial charge >= 0.3 is 0 Å². The average molecular weight is 190 g/mol. The molecule has 0 saturated heterocycles. The van der Waals surface area contributed by atoms with Crippen LogP contribution in [0.2, 0.25) is 0 Å². The highest BCUT2D eigenvalue weighted by atomic mass is 16.5.